The van der Waals surface area contributed by atoms with Gasteiger partial charge in [0.25, 0.3) is 11.5 Å². The predicted molar refractivity (Wildman–Crippen MR) is 104 cm³/mol. The molecule has 0 aliphatic carbocycles. The average Bonchev–Trinajstić information content (AvgIpc) is 2.97. The Morgan fingerprint density at radius 2 is 1.96 bits per heavy atom. The number of para-hydroxylation sites is 1. The maximum atomic E-state index is 12.5. The minimum Gasteiger partial charge on any atom is -0.451 e. The summed E-state index contributed by atoms with van der Waals surface area (Å²) >= 11 is 0. The smallest absolute Gasteiger partial charge is 0.287 e. The van der Waals surface area contributed by atoms with Gasteiger partial charge in [0.2, 0.25) is 0 Å². The molecule has 0 spiro atoms. The number of furan rings is 1. The minimum atomic E-state index is -0.274. The molecule has 6 heteroatoms. The number of aryl methyl sites for hydroxylation is 2. The van der Waals surface area contributed by atoms with Crippen molar-refractivity contribution in [2.24, 2.45) is 0 Å². The number of amides is 1. The lowest BCUT2D eigenvalue weighted by Crippen LogP contribution is -2.27. The summed E-state index contributed by atoms with van der Waals surface area (Å²) in [6.45, 7) is 4.20. The van der Waals surface area contributed by atoms with Gasteiger partial charge in [-0.15, -0.1) is 0 Å². The third-order valence-corrected chi connectivity index (χ3v) is 4.61. The van der Waals surface area contributed by atoms with E-state index in [1.54, 1.807) is 18.2 Å². The first-order chi connectivity index (χ1) is 13.0. The van der Waals surface area contributed by atoms with Crippen molar-refractivity contribution < 1.29 is 9.21 Å². The van der Waals surface area contributed by atoms with Gasteiger partial charge in [0.05, 0.1) is 10.9 Å². The number of nitrogens with one attached hydrogen (secondary N) is 2. The van der Waals surface area contributed by atoms with Crippen LogP contribution in [0.15, 0.2) is 51.7 Å². The molecule has 0 saturated carbocycles. The summed E-state index contributed by atoms with van der Waals surface area (Å²) in [4.78, 5) is 31.8. The summed E-state index contributed by atoms with van der Waals surface area (Å²) in [6, 6.07) is 13.1. The molecule has 2 aromatic heterocycles. The highest BCUT2D eigenvalue weighted by atomic mass is 16.3. The van der Waals surface area contributed by atoms with Crippen molar-refractivity contribution in [1.82, 2.24) is 15.3 Å². The Balaban J connectivity index is 1.49. The molecule has 4 rings (SSSR count). The number of hydrogen-bond donors (Lipinski definition) is 2. The molecule has 6 nitrogen and oxygen atoms in total. The molecule has 0 bridgehead atoms. The van der Waals surface area contributed by atoms with E-state index in [0.717, 1.165) is 16.5 Å². The van der Waals surface area contributed by atoms with E-state index in [0.29, 0.717) is 41.0 Å². The van der Waals surface area contributed by atoms with Crippen LogP contribution in [-0.4, -0.2) is 22.4 Å². The van der Waals surface area contributed by atoms with Crippen molar-refractivity contribution in [3.63, 3.8) is 0 Å². The number of carbonyl (C=O) groups is 1. The zero-order valence-corrected chi connectivity index (χ0v) is 15.1. The largest absolute Gasteiger partial charge is 0.451 e. The Morgan fingerprint density at radius 1 is 1.15 bits per heavy atom. The monoisotopic (exact) mass is 361 g/mol. The van der Waals surface area contributed by atoms with Gasteiger partial charge in [-0.1, -0.05) is 24.3 Å². The van der Waals surface area contributed by atoms with E-state index in [1.807, 2.05) is 38.1 Å². The second kappa shape index (κ2) is 6.72. The maximum Gasteiger partial charge on any atom is 0.287 e. The van der Waals surface area contributed by atoms with Crippen LogP contribution >= 0.6 is 0 Å². The van der Waals surface area contributed by atoms with E-state index in [1.165, 1.54) is 0 Å². The summed E-state index contributed by atoms with van der Waals surface area (Å²) in [6.07, 6.45) is 0.421. The van der Waals surface area contributed by atoms with Crippen molar-refractivity contribution in [2.75, 3.05) is 6.54 Å². The van der Waals surface area contributed by atoms with Gasteiger partial charge in [0.15, 0.2) is 5.76 Å². The lowest BCUT2D eigenvalue weighted by molar-refractivity contribution is 0.0927. The van der Waals surface area contributed by atoms with Gasteiger partial charge in [0.1, 0.15) is 11.4 Å². The third kappa shape index (κ3) is 3.21. The van der Waals surface area contributed by atoms with Crippen LogP contribution in [0.1, 0.15) is 27.5 Å². The second-order valence-electron chi connectivity index (χ2n) is 6.59. The molecule has 2 heterocycles. The van der Waals surface area contributed by atoms with Crippen molar-refractivity contribution in [2.45, 2.75) is 20.3 Å². The third-order valence-electron chi connectivity index (χ3n) is 4.61. The quantitative estimate of drug-likeness (QED) is 0.584. The van der Waals surface area contributed by atoms with Gasteiger partial charge in [-0.05, 0) is 37.6 Å². The van der Waals surface area contributed by atoms with E-state index in [9.17, 15) is 9.59 Å². The number of fused-ring (bicyclic) bond motifs is 2. The summed E-state index contributed by atoms with van der Waals surface area (Å²) in [5.41, 5.74) is 3.07. The number of benzene rings is 2. The van der Waals surface area contributed by atoms with E-state index < -0.39 is 0 Å². The van der Waals surface area contributed by atoms with Crippen LogP contribution in [0.2, 0.25) is 0 Å². The SMILES string of the molecule is Cc1ccc2c(C)c(C(=O)NCCc3nc4ccccc4c(=O)[nH]3)oc2c1. The first kappa shape index (κ1) is 17.0. The van der Waals surface area contributed by atoms with E-state index in [2.05, 4.69) is 15.3 Å². The summed E-state index contributed by atoms with van der Waals surface area (Å²) < 4.78 is 5.74. The van der Waals surface area contributed by atoms with Crippen LogP contribution < -0.4 is 10.9 Å². The Hall–Kier alpha value is -3.41. The predicted octanol–water partition coefficient (Wildman–Crippen LogP) is 3.26. The highest BCUT2D eigenvalue weighted by Gasteiger charge is 2.17. The molecule has 0 aliphatic rings. The average molecular weight is 361 g/mol. The van der Waals surface area contributed by atoms with Crippen LogP contribution in [0.25, 0.3) is 21.9 Å². The fourth-order valence-electron chi connectivity index (χ4n) is 3.18. The molecule has 136 valence electrons. The number of nitrogens with zero attached hydrogens (tertiary/aromatic N) is 1. The Bertz CT molecular complexity index is 1220. The number of aromatic nitrogens is 2. The molecule has 0 unspecified atom stereocenters. The van der Waals surface area contributed by atoms with Crippen LogP contribution in [0.4, 0.5) is 0 Å². The summed E-state index contributed by atoms with van der Waals surface area (Å²) in [5.74, 6) is 0.580. The number of H-pyrrole nitrogens is 1. The molecule has 2 N–H and O–H groups in total. The topological polar surface area (TPSA) is 88.0 Å². The van der Waals surface area contributed by atoms with Crippen molar-refractivity contribution >= 4 is 27.8 Å². The van der Waals surface area contributed by atoms with Gasteiger partial charge in [0, 0.05) is 23.9 Å². The number of hydrogen-bond acceptors (Lipinski definition) is 4. The van der Waals surface area contributed by atoms with Crippen molar-refractivity contribution in [1.29, 1.82) is 0 Å². The van der Waals surface area contributed by atoms with E-state index >= 15 is 0 Å². The minimum absolute atomic E-state index is 0.176. The zero-order chi connectivity index (χ0) is 19.0. The molecule has 1 amide bonds. The molecular weight excluding hydrogens is 342 g/mol. The van der Waals surface area contributed by atoms with Crippen LogP contribution in [0.5, 0.6) is 0 Å². The Kier molecular flexibility index (Phi) is 4.24. The molecule has 0 saturated heterocycles. The summed E-state index contributed by atoms with van der Waals surface area (Å²) in [7, 11) is 0. The molecular formula is C21H19N3O3. The number of aromatic amines is 1. The lowest BCUT2D eigenvalue weighted by atomic mass is 10.1. The summed E-state index contributed by atoms with van der Waals surface area (Å²) in [5, 5.41) is 4.33. The lowest BCUT2D eigenvalue weighted by Gasteiger charge is -2.05. The van der Waals surface area contributed by atoms with E-state index in [-0.39, 0.29) is 11.5 Å². The maximum absolute atomic E-state index is 12.5. The van der Waals surface area contributed by atoms with Crippen molar-refractivity contribution in [3.8, 4) is 0 Å². The highest BCUT2D eigenvalue weighted by molar-refractivity contribution is 5.99. The van der Waals surface area contributed by atoms with Crippen LogP contribution in [-0.2, 0) is 6.42 Å². The standard InChI is InChI=1S/C21H19N3O3/c1-12-7-8-14-13(2)19(27-17(14)11-12)21(26)22-10-9-18-23-16-6-4-3-5-15(16)20(25)24-18/h3-8,11H,9-10H2,1-2H3,(H,22,26)(H,23,24,25). The zero-order valence-electron chi connectivity index (χ0n) is 15.1. The van der Waals surface area contributed by atoms with Gasteiger partial charge in [-0.3, -0.25) is 9.59 Å². The molecule has 0 fully saturated rings. The number of rotatable bonds is 4. The molecule has 27 heavy (non-hydrogen) atoms. The molecule has 0 atom stereocenters. The fourth-order valence-corrected chi connectivity index (χ4v) is 3.18. The van der Waals surface area contributed by atoms with Gasteiger partial charge in [-0.25, -0.2) is 4.98 Å². The molecule has 0 aliphatic heterocycles. The van der Waals surface area contributed by atoms with Gasteiger partial charge >= 0.3 is 0 Å². The fraction of sp³-hybridized carbons (Fsp3) is 0.190. The first-order valence-electron chi connectivity index (χ1n) is 8.79. The number of carbonyl (C=O) groups excluding carboxylic acids is 1. The second-order valence-corrected chi connectivity index (χ2v) is 6.59. The van der Waals surface area contributed by atoms with Gasteiger partial charge in [-0.2, -0.15) is 0 Å². The Labute approximate surface area is 155 Å². The van der Waals surface area contributed by atoms with Crippen molar-refractivity contribution in [3.05, 3.63) is 75.5 Å². The first-order valence-corrected chi connectivity index (χ1v) is 8.79. The van der Waals surface area contributed by atoms with Crippen LogP contribution in [0.3, 0.4) is 0 Å². The molecule has 2 aromatic carbocycles. The van der Waals surface area contributed by atoms with E-state index in [4.69, 9.17) is 4.42 Å². The normalized spacial score (nSPS) is 11.2. The molecule has 0 radical (unpaired) electrons. The Morgan fingerprint density at radius 3 is 2.81 bits per heavy atom. The van der Waals surface area contributed by atoms with Crippen LogP contribution in [0, 0.1) is 13.8 Å². The van der Waals surface area contributed by atoms with Gasteiger partial charge < -0.3 is 14.7 Å². The highest BCUT2D eigenvalue weighted by Crippen LogP contribution is 2.26. The molecule has 4 aromatic rings.